The summed E-state index contributed by atoms with van der Waals surface area (Å²) in [7, 11) is 0. The number of hydrogen-bond acceptors (Lipinski definition) is 5. The maximum Gasteiger partial charge on any atom is 0.266 e. The summed E-state index contributed by atoms with van der Waals surface area (Å²) in [6.45, 7) is 9.11. The molecule has 5 rings (SSSR count). The molecule has 3 heterocycles. The van der Waals surface area contributed by atoms with Gasteiger partial charge in [0.15, 0.2) is 0 Å². The van der Waals surface area contributed by atoms with E-state index >= 15 is 0 Å². The number of ether oxygens (including phenoxy) is 3. The molecule has 0 aromatic heterocycles. The van der Waals surface area contributed by atoms with Crippen molar-refractivity contribution in [2.24, 2.45) is 10.8 Å². The Morgan fingerprint density at radius 1 is 1.00 bits per heavy atom. The van der Waals surface area contributed by atoms with Crippen LogP contribution >= 0.6 is 0 Å². The molecule has 2 amide bonds. The highest BCUT2D eigenvalue weighted by atomic mass is 16.5. The van der Waals surface area contributed by atoms with Gasteiger partial charge in [0, 0.05) is 5.41 Å². The largest absolute Gasteiger partial charge is 0.493 e. The lowest BCUT2D eigenvalue weighted by molar-refractivity contribution is -0.171. The van der Waals surface area contributed by atoms with E-state index in [0.717, 1.165) is 18.6 Å². The molecule has 6 nitrogen and oxygen atoms in total. The van der Waals surface area contributed by atoms with Crippen molar-refractivity contribution in [1.82, 2.24) is 0 Å². The molecule has 0 spiro atoms. The van der Waals surface area contributed by atoms with E-state index in [-0.39, 0.29) is 28.7 Å². The molecule has 3 aliphatic rings. The van der Waals surface area contributed by atoms with E-state index in [0.29, 0.717) is 42.4 Å². The Hall–Kier alpha value is -2.70. The monoisotopic (exact) mass is 421 g/mol. The van der Waals surface area contributed by atoms with Gasteiger partial charge in [-0.1, -0.05) is 32.9 Å². The van der Waals surface area contributed by atoms with Crippen LogP contribution in [0.2, 0.25) is 0 Å². The number of nitrogens with zero attached hydrogens (tertiary/aromatic N) is 1. The van der Waals surface area contributed by atoms with Crippen molar-refractivity contribution in [1.29, 1.82) is 0 Å². The van der Waals surface area contributed by atoms with Crippen molar-refractivity contribution < 1.29 is 23.8 Å². The average Bonchev–Trinajstić information content (AvgIpc) is 2.97. The summed E-state index contributed by atoms with van der Waals surface area (Å²) < 4.78 is 17.0. The van der Waals surface area contributed by atoms with Gasteiger partial charge in [0.2, 0.25) is 0 Å². The molecule has 2 aromatic rings. The number of rotatable bonds is 6. The number of carbonyl (C=O) groups excluding carboxylic acids is 2. The first-order chi connectivity index (χ1) is 14.8. The van der Waals surface area contributed by atoms with Crippen LogP contribution in [0, 0.1) is 10.8 Å². The van der Waals surface area contributed by atoms with Crippen LogP contribution in [0.5, 0.6) is 5.75 Å². The molecule has 2 fully saturated rings. The van der Waals surface area contributed by atoms with E-state index in [2.05, 4.69) is 20.8 Å². The van der Waals surface area contributed by atoms with Crippen LogP contribution in [-0.2, 0) is 9.47 Å². The van der Waals surface area contributed by atoms with Gasteiger partial charge in [-0.05, 0) is 42.3 Å². The van der Waals surface area contributed by atoms with Gasteiger partial charge in [-0.2, -0.15) is 0 Å². The van der Waals surface area contributed by atoms with Gasteiger partial charge in [0.25, 0.3) is 11.8 Å². The molecule has 1 unspecified atom stereocenters. The fourth-order valence-electron chi connectivity index (χ4n) is 4.41. The lowest BCUT2D eigenvalue weighted by Crippen LogP contribution is -2.46. The second-order valence-corrected chi connectivity index (χ2v) is 9.56. The second-order valence-electron chi connectivity index (χ2n) is 9.56. The Kier molecular flexibility index (Phi) is 4.68. The molecule has 3 aliphatic heterocycles. The van der Waals surface area contributed by atoms with Crippen LogP contribution in [0.4, 0.5) is 5.69 Å². The van der Waals surface area contributed by atoms with Crippen LogP contribution in [0.15, 0.2) is 42.5 Å². The zero-order chi connectivity index (χ0) is 21.8. The van der Waals surface area contributed by atoms with E-state index in [9.17, 15) is 9.59 Å². The Morgan fingerprint density at radius 3 is 2.26 bits per heavy atom. The summed E-state index contributed by atoms with van der Waals surface area (Å²) in [5, 5.41) is 0. The number of imide groups is 1. The number of anilines is 1. The first-order valence-corrected chi connectivity index (χ1v) is 10.8. The molecule has 2 aromatic carbocycles. The standard InChI is InChI=1S/C25H27NO5/c1-4-25(13-29-14-25)15-30-18-9-10-19-20(11-18)23(28)26(22(19)27)17-7-5-16(6-8-17)21-24(2,3)12-31-21/h5-11,21H,4,12-15H2,1-3H3. The Labute approximate surface area is 182 Å². The molecule has 162 valence electrons. The summed E-state index contributed by atoms with van der Waals surface area (Å²) in [6.07, 6.45) is 1.01. The van der Waals surface area contributed by atoms with Gasteiger partial charge in [-0.3, -0.25) is 9.59 Å². The van der Waals surface area contributed by atoms with Crippen molar-refractivity contribution in [3.05, 3.63) is 59.2 Å². The lowest BCUT2D eigenvalue weighted by atomic mass is 9.79. The van der Waals surface area contributed by atoms with Gasteiger partial charge in [-0.15, -0.1) is 0 Å². The average molecular weight is 421 g/mol. The van der Waals surface area contributed by atoms with E-state index in [1.165, 1.54) is 4.90 Å². The summed E-state index contributed by atoms with van der Waals surface area (Å²) in [5.74, 6) is -0.0336. The van der Waals surface area contributed by atoms with Crippen molar-refractivity contribution in [3.8, 4) is 5.75 Å². The van der Waals surface area contributed by atoms with Gasteiger partial charge in [0.05, 0.1) is 54.8 Å². The molecule has 6 heteroatoms. The number of benzene rings is 2. The normalized spacial score (nSPS) is 23.2. The Morgan fingerprint density at radius 2 is 1.71 bits per heavy atom. The summed E-state index contributed by atoms with van der Waals surface area (Å²) >= 11 is 0. The highest BCUT2D eigenvalue weighted by Gasteiger charge is 2.42. The predicted molar refractivity (Wildman–Crippen MR) is 116 cm³/mol. The minimum Gasteiger partial charge on any atom is -0.493 e. The molecule has 0 aliphatic carbocycles. The lowest BCUT2D eigenvalue weighted by Gasteiger charge is -2.44. The maximum atomic E-state index is 13.1. The van der Waals surface area contributed by atoms with Gasteiger partial charge in [-0.25, -0.2) is 4.90 Å². The molecular formula is C25H27NO5. The Balaban J connectivity index is 1.34. The Bertz CT molecular complexity index is 1030. The third kappa shape index (κ3) is 3.25. The van der Waals surface area contributed by atoms with Crippen molar-refractivity contribution in [3.63, 3.8) is 0 Å². The van der Waals surface area contributed by atoms with E-state index in [1.807, 2.05) is 24.3 Å². The quantitative estimate of drug-likeness (QED) is 0.648. The summed E-state index contributed by atoms with van der Waals surface area (Å²) in [6, 6.07) is 12.6. The second kappa shape index (κ2) is 7.18. The third-order valence-corrected chi connectivity index (χ3v) is 6.76. The van der Waals surface area contributed by atoms with Gasteiger partial charge < -0.3 is 14.2 Å². The molecule has 2 saturated heterocycles. The molecular weight excluding hydrogens is 394 g/mol. The SMILES string of the molecule is CCC1(COc2ccc3c(c2)C(=O)N(c2ccc(C4OCC4(C)C)cc2)C3=O)COC1. The minimum absolute atomic E-state index is 0.0379. The minimum atomic E-state index is -0.324. The first-order valence-electron chi connectivity index (χ1n) is 10.8. The summed E-state index contributed by atoms with van der Waals surface area (Å²) in [5.41, 5.74) is 2.54. The highest BCUT2D eigenvalue weighted by Crippen LogP contribution is 2.46. The number of carbonyl (C=O) groups is 2. The van der Waals surface area contributed by atoms with Crippen LogP contribution in [-0.4, -0.2) is 38.2 Å². The predicted octanol–water partition coefficient (Wildman–Crippen LogP) is 4.39. The molecule has 0 saturated carbocycles. The highest BCUT2D eigenvalue weighted by molar-refractivity contribution is 6.34. The topological polar surface area (TPSA) is 65.1 Å². The van der Waals surface area contributed by atoms with Gasteiger partial charge >= 0.3 is 0 Å². The van der Waals surface area contributed by atoms with Gasteiger partial charge in [0.1, 0.15) is 5.75 Å². The smallest absolute Gasteiger partial charge is 0.266 e. The molecule has 1 atom stereocenters. The first kappa shape index (κ1) is 20.2. The third-order valence-electron chi connectivity index (χ3n) is 6.76. The van der Waals surface area contributed by atoms with Crippen molar-refractivity contribution >= 4 is 17.5 Å². The molecule has 31 heavy (non-hydrogen) atoms. The maximum absolute atomic E-state index is 13.1. The summed E-state index contributed by atoms with van der Waals surface area (Å²) in [4.78, 5) is 27.3. The van der Waals surface area contributed by atoms with Crippen LogP contribution in [0.3, 0.4) is 0 Å². The number of fused-ring (bicyclic) bond motifs is 1. The zero-order valence-corrected chi connectivity index (χ0v) is 18.1. The van der Waals surface area contributed by atoms with Crippen molar-refractivity contribution in [2.45, 2.75) is 33.3 Å². The van der Waals surface area contributed by atoms with E-state index < -0.39 is 0 Å². The van der Waals surface area contributed by atoms with Crippen LogP contribution < -0.4 is 9.64 Å². The van der Waals surface area contributed by atoms with E-state index in [4.69, 9.17) is 14.2 Å². The number of amides is 2. The number of hydrogen-bond donors (Lipinski definition) is 0. The van der Waals surface area contributed by atoms with Crippen LogP contribution in [0.25, 0.3) is 0 Å². The molecule has 0 radical (unpaired) electrons. The molecule has 0 N–H and O–H groups in total. The molecule has 0 bridgehead atoms. The van der Waals surface area contributed by atoms with Crippen LogP contribution in [0.1, 0.15) is 59.6 Å². The fraction of sp³-hybridized carbons (Fsp3) is 0.440. The van der Waals surface area contributed by atoms with E-state index in [1.54, 1.807) is 18.2 Å². The fourth-order valence-corrected chi connectivity index (χ4v) is 4.41. The zero-order valence-electron chi connectivity index (χ0n) is 18.1. The van der Waals surface area contributed by atoms with Crippen molar-refractivity contribution in [2.75, 3.05) is 31.3 Å².